The van der Waals surface area contributed by atoms with E-state index in [0.717, 1.165) is 5.69 Å². The lowest BCUT2D eigenvalue weighted by Gasteiger charge is -2.45. The number of hydrogen-bond acceptors (Lipinski definition) is 1. The van der Waals surface area contributed by atoms with Gasteiger partial charge >= 0.3 is 0 Å². The molecule has 1 aromatic heterocycles. The van der Waals surface area contributed by atoms with Crippen LogP contribution in [0.4, 0.5) is 0 Å². The molecule has 1 aliphatic rings. The standard InChI is InChI=1S/C25H29N/c1-24(2)15-21(16-25(3,4)17-24)19-10-11-22-20(14-19)12-13-26-23(22)18-8-6-5-7-9-18/h5-14,21H,15-17H2,1-4H3. The second-order valence-corrected chi connectivity index (χ2v) is 9.62. The van der Waals surface area contributed by atoms with Crippen LogP contribution in [-0.4, -0.2) is 4.98 Å². The molecule has 2 aromatic carbocycles. The van der Waals surface area contributed by atoms with Gasteiger partial charge < -0.3 is 0 Å². The summed E-state index contributed by atoms with van der Waals surface area (Å²) < 4.78 is 0. The lowest BCUT2D eigenvalue weighted by Crippen LogP contribution is -2.32. The predicted molar refractivity (Wildman–Crippen MR) is 111 cm³/mol. The van der Waals surface area contributed by atoms with Crippen LogP contribution in [0.25, 0.3) is 22.0 Å². The Balaban J connectivity index is 1.75. The number of benzene rings is 2. The molecule has 0 atom stereocenters. The van der Waals surface area contributed by atoms with Gasteiger partial charge in [0.1, 0.15) is 0 Å². The van der Waals surface area contributed by atoms with E-state index in [9.17, 15) is 0 Å². The molecule has 1 aliphatic carbocycles. The van der Waals surface area contributed by atoms with Gasteiger partial charge in [0.15, 0.2) is 0 Å². The van der Waals surface area contributed by atoms with Gasteiger partial charge in [-0.2, -0.15) is 0 Å². The molecule has 0 saturated heterocycles. The van der Waals surface area contributed by atoms with E-state index in [4.69, 9.17) is 0 Å². The Morgan fingerprint density at radius 3 is 2.23 bits per heavy atom. The predicted octanol–water partition coefficient (Wildman–Crippen LogP) is 7.22. The Kier molecular flexibility index (Phi) is 4.14. The van der Waals surface area contributed by atoms with E-state index in [2.05, 4.69) is 87.3 Å². The molecule has 3 aromatic rings. The van der Waals surface area contributed by atoms with Crippen molar-refractivity contribution in [3.63, 3.8) is 0 Å². The van der Waals surface area contributed by atoms with Crippen molar-refractivity contribution in [3.8, 4) is 11.3 Å². The van der Waals surface area contributed by atoms with Crippen molar-refractivity contribution in [2.45, 2.75) is 52.9 Å². The molecule has 0 amide bonds. The zero-order chi connectivity index (χ0) is 18.4. The minimum atomic E-state index is 0.412. The Labute approximate surface area is 157 Å². The smallest absolute Gasteiger partial charge is 0.0780 e. The Morgan fingerprint density at radius 1 is 0.846 bits per heavy atom. The maximum absolute atomic E-state index is 4.67. The summed E-state index contributed by atoms with van der Waals surface area (Å²) in [4.78, 5) is 4.67. The normalized spacial score (nSPS) is 19.5. The monoisotopic (exact) mass is 343 g/mol. The molecule has 0 radical (unpaired) electrons. The molecule has 1 heterocycles. The van der Waals surface area contributed by atoms with Gasteiger partial charge in [-0.05, 0) is 53.0 Å². The molecule has 1 saturated carbocycles. The molecular formula is C25H29N. The molecule has 0 unspecified atom stereocenters. The Bertz CT molecular complexity index is 905. The van der Waals surface area contributed by atoms with Gasteiger partial charge in [-0.1, -0.05) is 76.2 Å². The molecule has 1 nitrogen and oxygen atoms in total. The molecule has 0 spiro atoms. The molecule has 134 valence electrons. The Hall–Kier alpha value is -2.15. The highest BCUT2D eigenvalue weighted by Gasteiger charge is 2.38. The summed E-state index contributed by atoms with van der Waals surface area (Å²) in [6, 6.07) is 19.7. The van der Waals surface area contributed by atoms with Gasteiger partial charge in [0, 0.05) is 17.1 Å². The van der Waals surface area contributed by atoms with E-state index in [1.54, 1.807) is 0 Å². The van der Waals surface area contributed by atoms with Crippen molar-refractivity contribution in [2.24, 2.45) is 10.8 Å². The number of hydrogen-bond donors (Lipinski definition) is 0. The van der Waals surface area contributed by atoms with E-state index < -0.39 is 0 Å². The fourth-order valence-corrected chi connectivity index (χ4v) is 5.36. The number of pyridine rings is 1. The SMILES string of the molecule is CC1(C)CC(c2ccc3c(-c4ccccc4)nccc3c2)CC(C)(C)C1. The van der Waals surface area contributed by atoms with Gasteiger partial charge in [0.2, 0.25) is 0 Å². The van der Waals surface area contributed by atoms with Crippen molar-refractivity contribution >= 4 is 10.8 Å². The summed E-state index contributed by atoms with van der Waals surface area (Å²) in [5, 5.41) is 2.55. The molecule has 0 aliphatic heterocycles. The first kappa shape index (κ1) is 17.3. The van der Waals surface area contributed by atoms with Crippen LogP contribution in [0.3, 0.4) is 0 Å². The van der Waals surface area contributed by atoms with Crippen molar-refractivity contribution in [2.75, 3.05) is 0 Å². The summed E-state index contributed by atoms with van der Waals surface area (Å²) >= 11 is 0. The molecular weight excluding hydrogens is 314 g/mol. The van der Waals surface area contributed by atoms with Crippen LogP contribution < -0.4 is 0 Å². The highest BCUT2D eigenvalue weighted by Crippen LogP contribution is 2.52. The third-order valence-corrected chi connectivity index (χ3v) is 5.86. The second kappa shape index (κ2) is 6.23. The van der Waals surface area contributed by atoms with Gasteiger partial charge in [0.25, 0.3) is 0 Å². The zero-order valence-corrected chi connectivity index (χ0v) is 16.4. The fraction of sp³-hybridized carbons (Fsp3) is 0.400. The summed E-state index contributed by atoms with van der Waals surface area (Å²) in [5.74, 6) is 0.645. The van der Waals surface area contributed by atoms with Crippen molar-refractivity contribution < 1.29 is 0 Å². The second-order valence-electron chi connectivity index (χ2n) is 9.62. The lowest BCUT2D eigenvalue weighted by atomic mass is 9.60. The number of rotatable bonds is 2. The minimum Gasteiger partial charge on any atom is -0.256 e. The molecule has 1 heteroatoms. The average Bonchev–Trinajstić information content (AvgIpc) is 2.59. The maximum atomic E-state index is 4.67. The summed E-state index contributed by atoms with van der Waals surface area (Å²) in [5.41, 5.74) is 4.58. The molecule has 1 fully saturated rings. The lowest BCUT2D eigenvalue weighted by molar-refractivity contribution is 0.0969. The largest absolute Gasteiger partial charge is 0.256 e. The third kappa shape index (κ3) is 3.40. The summed E-state index contributed by atoms with van der Waals surface area (Å²) in [6.45, 7) is 9.72. The first-order chi connectivity index (χ1) is 12.3. The van der Waals surface area contributed by atoms with E-state index in [1.165, 1.54) is 41.2 Å². The van der Waals surface area contributed by atoms with Crippen LogP contribution in [0.15, 0.2) is 60.8 Å². The van der Waals surface area contributed by atoms with E-state index in [0.29, 0.717) is 16.7 Å². The molecule has 0 N–H and O–H groups in total. The first-order valence-electron chi connectivity index (χ1n) is 9.77. The van der Waals surface area contributed by atoms with Crippen LogP contribution in [0.5, 0.6) is 0 Å². The van der Waals surface area contributed by atoms with Crippen LogP contribution in [0.2, 0.25) is 0 Å². The zero-order valence-electron chi connectivity index (χ0n) is 16.4. The van der Waals surface area contributed by atoms with Crippen LogP contribution in [0.1, 0.15) is 58.4 Å². The highest BCUT2D eigenvalue weighted by atomic mass is 14.7. The molecule has 4 rings (SSSR count). The number of fused-ring (bicyclic) bond motifs is 1. The maximum Gasteiger partial charge on any atom is 0.0780 e. The highest BCUT2D eigenvalue weighted by molar-refractivity contribution is 5.94. The number of aromatic nitrogens is 1. The van der Waals surface area contributed by atoms with Crippen molar-refractivity contribution in [3.05, 3.63) is 66.4 Å². The van der Waals surface area contributed by atoms with E-state index >= 15 is 0 Å². The van der Waals surface area contributed by atoms with Crippen LogP contribution in [0, 0.1) is 10.8 Å². The topological polar surface area (TPSA) is 12.9 Å². The third-order valence-electron chi connectivity index (χ3n) is 5.86. The quantitative estimate of drug-likeness (QED) is 0.478. The van der Waals surface area contributed by atoms with E-state index in [1.807, 2.05) is 6.20 Å². The minimum absolute atomic E-state index is 0.412. The van der Waals surface area contributed by atoms with Gasteiger partial charge in [-0.25, -0.2) is 0 Å². The molecule has 0 bridgehead atoms. The average molecular weight is 344 g/mol. The molecule has 26 heavy (non-hydrogen) atoms. The van der Waals surface area contributed by atoms with Gasteiger partial charge in [-0.3, -0.25) is 4.98 Å². The van der Waals surface area contributed by atoms with Gasteiger partial charge in [0.05, 0.1) is 5.69 Å². The van der Waals surface area contributed by atoms with E-state index in [-0.39, 0.29) is 0 Å². The van der Waals surface area contributed by atoms with Crippen molar-refractivity contribution in [1.82, 2.24) is 4.98 Å². The Morgan fingerprint density at radius 2 is 1.54 bits per heavy atom. The first-order valence-corrected chi connectivity index (χ1v) is 9.77. The summed E-state index contributed by atoms with van der Waals surface area (Å²) in [6.07, 6.45) is 5.81. The van der Waals surface area contributed by atoms with Crippen LogP contribution >= 0.6 is 0 Å². The summed E-state index contributed by atoms with van der Waals surface area (Å²) in [7, 11) is 0. The fourth-order valence-electron chi connectivity index (χ4n) is 5.36. The van der Waals surface area contributed by atoms with Crippen LogP contribution in [-0.2, 0) is 0 Å². The number of nitrogens with zero attached hydrogens (tertiary/aromatic N) is 1. The van der Waals surface area contributed by atoms with Gasteiger partial charge in [-0.15, -0.1) is 0 Å². The van der Waals surface area contributed by atoms with Crippen molar-refractivity contribution in [1.29, 1.82) is 0 Å².